The maximum atomic E-state index is 12.7. The first kappa shape index (κ1) is 16.2. The van der Waals surface area contributed by atoms with Crippen LogP contribution >= 0.6 is 11.6 Å². The molecule has 0 saturated carbocycles. The second kappa shape index (κ2) is 6.57. The van der Waals surface area contributed by atoms with E-state index in [4.69, 9.17) is 11.6 Å². The van der Waals surface area contributed by atoms with Crippen molar-refractivity contribution in [2.24, 2.45) is 0 Å². The monoisotopic (exact) mass is 364 g/mol. The third kappa shape index (κ3) is 3.02. The smallest absolute Gasteiger partial charge is 0.265 e. The van der Waals surface area contributed by atoms with Gasteiger partial charge in [-0.15, -0.1) is 0 Å². The summed E-state index contributed by atoms with van der Waals surface area (Å²) in [5.74, 6) is -0.279. The van der Waals surface area contributed by atoms with E-state index in [0.717, 1.165) is 5.56 Å². The molecule has 3 aromatic heterocycles. The summed E-state index contributed by atoms with van der Waals surface area (Å²) >= 11 is 5.97. The van der Waals surface area contributed by atoms with Crippen molar-refractivity contribution >= 4 is 34.1 Å². The molecule has 0 aliphatic heterocycles. The van der Waals surface area contributed by atoms with Gasteiger partial charge < -0.3 is 5.32 Å². The molecular formula is C19H13ClN4O2. The van der Waals surface area contributed by atoms with Gasteiger partial charge in [-0.25, -0.2) is 4.98 Å². The van der Waals surface area contributed by atoms with Gasteiger partial charge in [-0.05, 0) is 42.0 Å². The van der Waals surface area contributed by atoms with Crippen LogP contribution in [0, 0.1) is 0 Å². The predicted octanol–water partition coefficient (Wildman–Crippen LogP) is 2.83. The quantitative estimate of drug-likeness (QED) is 0.567. The van der Waals surface area contributed by atoms with Crippen LogP contribution in [0.5, 0.6) is 0 Å². The van der Waals surface area contributed by atoms with Crippen molar-refractivity contribution in [1.29, 1.82) is 0 Å². The summed E-state index contributed by atoms with van der Waals surface area (Å²) < 4.78 is 1.37. The van der Waals surface area contributed by atoms with Crippen molar-refractivity contribution in [1.82, 2.24) is 19.7 Å². The number of halogens is 1. The van der Waals surface area contributed by atoms with Crippen LogP contribution in [0.1, 0.15) is 15.9 Å². The Kier molecular flexibility index (Phi) is 4.10. The van der Waals surface area contributed by atoms with Crippen molar-refractivity contribution in [3.63, 3.8) is 0 Å². The summed E-state index contributed by atoms with van der Waals surface area (Å²) in [5, 5.41) is 3.77. The number of aromatic nitrogens is 3. The number of carbonyl (C=O) groups is 1. The Labute approximate surface area is 153 Å². The van der Waals surface area contributed by atoms with Crippen molar-refractivity contribution in [2.75, 3.05) is 0 Å². The molecular weight excluding hydrogens is 352 g/mol. The van der Waals surface area contributed by atoms with Gasteiger partial charge in [0.05, 0.1) is 16.5 Å². The number of pyridine rings is 2. The molecule has 3 heterocycles. The van der Waals surface area contributed by atoms with E-state index in [1.165, 1.54) is 10.6 Å². The van der Waals surface area contributed by atoms with E-state index in [-0.39, 0.29) is 11.5 Å². The molecule has 0 bridgehead atoms. The number of benzene rings is 1. The summed E-state index contributed by atoms with van der Waals surface area (Å²) in [5.41, 5.74) is 2.00. The molecule has 0 unspecified atom stereocenters. The van der Waals surface area contributed by atoms with Crippen LogP contribution in [0.4, 0.5) is 0 Å². The van der Waals surface area contributed by atoms with E-state index >= 15 is 0 Å². The summed E-state index contributed by atoms with van der Waals surface area (Å²) in [6, 6.07) is 11.9. The van der Waals surface area contributed by atoms with Gasteiger partial charge in [-0.3, -0.25) is 19.0 Å². The van der Waals surface area contributed by atoms with Gasteiger partial charge >= 0.3 is 0 Å². The van der Waals surface area contributed by atoms with Crippen LogP contribution in [0.2, 0.25) is 5.02 Å². The summed E-state index contributed by atoms with van der Waals surface area (Å²) in [6.45, 7) is 0.355. The maximum absolute atomic E-state index is 12.7. The number of nitrogens with one attached hydrogen (secondary N) is 1. The fourth-order valence-corrected chi connectivity index (χ4v) is 2.87. The lowest BCUT2D eigenvalue weighted by atomic mass is 10.2. The van der Waals surface area contributed by atoms with Gasteiger partial charge in [0, 0.05) is 30.2 Å². The van der Waals surface area contributed by atoms with Crippen LogP contribution in [0.3, 0.4) is 0 Å². The highest BCUT2D eigenvalue weighted by Crippen LogP contribution is 2.16. The molecule has 0 aliphatic rings. The van der Waals surface area contributed by atoms with E-state index in [1.54, 1.807) is 48.8 Å². The molecule has 128 valence electrons. The van der Waals surface area contributed by atoms with Gasteiger partial charge in [0.25, 0.3) is 11.5 Å². The molecule has 6 nitrogen and oxygen atoms in total. The van der Waals surface area contributed by atoms with Gasteiger partial charge in [0.1, 0.15) is 5.65 Å². The Bertz CT molecular complexity index is 1190. The van der Waals surface area contributed by atoms with Gasteiger partial charge in [0.15, 0.2) is 0 Å². The van der Waals surface area contributed by atoms with Gasteiger partial charge in [0.2, 0.25) is 0 Å². The van der Waals surface area contributed by atoms with E-state index in [0.29, 0.717) is 33.7 Å². The Morgan fingerprint density at radius 2 is 2.08 bits per heavy atom. The van der Waals surface area contributed by atoms with E-state index < -0.39 is 0 Å². The average molecular weight is 365 g/mol. The van der Waals surface area contributed by atoms with Crippen LogP contribution in [-0.2, 0) is 6.54 Å². The van der Waals surface area contributed by atoms with E-state index in [2.05, 4.69) is 15.3 Å². The Morgan fingerprint density at radius 1 is 1.19 bits per heavy atom. The van der Waals surface area contributed by atoms with E-state index in [9.17, 15) is 9.59 Å². The highest BCUT2D eigenvalue weighted by molar-refractivity contribution is 6.31. The molecule has 26 heavy (non-hydrogen) atoms. The molecule has 0 radical (unpaired) electrons. The topological polar surface area (TPSA) is 76.4 Å². The van der Waals surface area contributed by atoms with Crippen molar-refractivity contribution in [3.8, 4) is 0 Å². The molecule has 0 spiro atoms. The van der Waals surface area contributed by atoms with Gasteiger partial charge in [-0.2, -0.15) is 0 Å². The predicted molar refractivity (Wildman–Crippen MR) is 99.4 cm³/mol. The molecule has 0 atom stereocenters. The minimum absolute atomic E-state index is 0.247. The molecule has 1 N–H and O–H groups in total. The lowest BCUT2D eigenvalue weighted by molar-refractivity contribution is 0.0950. The third-order valence-electron chi connectivity index (χ3n) is 4.01. The highest BCUT2D eigenvalue weighted by Gasteiger charge is 2.10. The zero-order valence-electron chi connectivity index (χ0n) is 13.5. The number of rotatable bonds is 3. The zero-order valence-corrected chi connectivity index (χ0v) is 14.3. The zero-order chi connectivity index (χ0) is 18.1. The SMILES string of the molecule is O=C(NCc1cccnc1)c1ccc2nc3cc(Cl)ccc3c(=O)n2c1. The molecule has 4 aromatic rings. The lowest BCUT2D eigenvalue weighted by Crippen LogP contribution is -2.24. The Morgan fingerprint density at radius 3 is 2.88 bits per heavy atom. The molecule has 0 fully saturated rings. The normalized spacial score (nSPS) is 11.0. The second-order valence-corrected chi connectivity index (χ2v) is 6.20. The molecule has 1 amide bonds. The standard InChI is InChI=1S/C19H13ClN4O2/c20-14-4-5-15-16(8-14)23-17-6-3-13(11-24(17)19(15)26)18(25)22-10-12-2-1-7-21-9-12/h1-9,11H,10H2,(H,22,25). The molecule has 1 aromatic carbocycles. The Hall–Kier alpha value is -3.25. The largest absolute Gasteiger partial charge is 0.348 e. The number of hydrogen-bond acceptors (Lipinski definition) is 4. The molecule has 0 aliphatic carbocycles. The summed E-state index contributed by atoms with van der Waals surface area (Å²) in [4.78, 5) is 33.5. The minimum Gasteiger partial charge on any atom is -0.348 e. The number of amides is 1. The number of fused-ring (bicyclic) bond motifs is 2. The molecule has 7 heteroatoms. The van der Waals surface area contributed by atoms with Crippen LogP contribution < -0.4 is 10.9 Å². The van der Waals surface area contributed by atoms with Crippen LogP contribution in [0.25, 0.3) is 16.6 Å². The molecule has 4 rings (SSSR count). The lowest BCUT2D eigenvalue weighted by Gasteiger charge is -2.08. The maximum Gasteiger partial charge on any atom is 0.265 e. The minimum atomic E-state index is -0.279. The third-order valence-corrected chi connectivity index (χ3v) is 4.24. The fraction of sp³-hybridized carbons (Fsp3) is 0.0526. The fourth-order valence-electron chi connectivity index (χ4n) is 2.70. The summed E-state index contributed by atoms with van der Waals surface area (Å²) in [7, 11) is 0. The number of carbonyl (C=O) groups excluding carboxylic acids is 1. The van der Waals surface area contributed by atoms with Crippen molar-refractivity contribution in [3.05, 3.63) is 87.6 Å². The first-order chi connectivity index (χ1) is 12.6. The summed E-state index contributed by atoms with van der Waals surface area (Å²) in [6.07, 6.45) is 4.86. The van der Waals surface area contributed by atoms with Crippen LogP contribution in [-0.4, -0.2) is 20.3 Å². The van der Waals surface area contributed by atoms with Crippen molar-refractivity contribution < 1.29 is 4.79 Å². The van der Waals surface area contributed by atoms with Gasteiger partial charge in [-0.1, -0.05) is 17.7 Å². The Balaban J connectivity index is 1.69. The van der Waals surface area contributed by atoms with E-state index in [1.807, 2.05) is 6.07 Å². The number of hydrogen-bond donors (Lipinski definition) is 1. The van der Waals surface area contributed by atoms with Crippen molar-refractivity contribution in [2.45, 2.75) is 6.54 Å². The number of nitrogens with zero attached hydrogens (tertiary/aromatic N) is 3. The highest BCUT2D eigenvalue weighted by atomic mass is 35.5. The van der Waals surface area contributed by atoms with Crippen LogP contribution in [0.15, 0.2) is 65.8 Å². The molecule has 0 saturated heterocycles. The first-order valence-electron chi connectivity index (χ1n) is 7.90. The second-order valence-electron chi connectivity index (χ2n) is 5.77. The average Bonchev–Trinajstić information content (AvgIpc) is 2.66. The first-order valence-corrected chi connectivity index (χ1v) is 8.28.